The van der Waals surface area contributed by atoms with Crippen LogP contribution < -0.4 is 0 Å². The normalized spacial score (nSPS) is 25.7. The molecular formula is C23H32O5. The van der Waals surface area contributed by atoms with E-state index in [0.717, 1.165) is 24.0 Å². The summed E-state index contributed by atoms with van der Waals surface area (Å²) in [6, 6.07) is 9.88. The number of esters is 1. The summed E-state index contributed by atoms with van der Waals surface area (Å²) >= 11 is 0. The molecule has 2 rings (SSSR count). The molecule has 0 amide bonds. The molecule has 5 heteroatoms. The van der Waals surface area contributed by atoms with Crippen molar-refractivity contribution in [3.8, 4) is 0 Å². The van der Waals surface area contributed by atoms with Crippen LogP contribution in [0.1, 0.15) is 51.9 Å². The van der Waals surface area contributed by atoms with Crippen molar-refractivity contribution in [1.29, 1.82) is 0 Å². The Bertz CT molecular complexity index is 656. The Kier molecular flexibility index (Phi) is 8.42. The Hall–Kier alpha value is -1.95. The lowest BCUT2D eigenvalue weighted by Crippen LogP contribution is -2.53. The predicted octanol–water partition coefficient (Wildman–Crippen LogP) is 4.74. The lowest BCUT2D eigenvalue weighted by molar-refractivity contribution is -0.313. The number of ether oxygens (including phenoxy) is 4. The van der Waals surface area contributed by atoms with Crippen LogP contribution in [-0.2, 0) is 23.7 Å². The molecule has 0 bridgehead atoms. The SMILES string of the molecule is C=CCC[C@@]1(C)OC(c2ccccc2)OC[C@H]1O[C@@H](COC(C)=O)CC(=C)C. The number of rotatable bonds is 10. The summed E-state index contributed by atoms with van der Waals surface area (Å²) in [5, 5.41) is 0. The molecule has 1 saturated heterocycles. The molecule has 1 fully saturated rings. The number of carbonyl (C=O) groups is 1. The van der Waals surface area contributed by atoms with Gasteiger partial charge in [0.25, 0.3) is 0 Å². The fraction of sp³-hybridized carbons (Fsp3) is 0.522. The number of allylic oxidation sites excluding steroid dienone is 1. The molecule has 1 aromatic carbocycles. The van der Waals surface area contributed by atoms with Gasteiger partial charge in [0, 0.05) is 12.5 Å². The first-order valence-corrected chi connectivity index (χ1v) is 9.72. The summed E-state index contributed by atoms with van der Waals surface area (Å²) < 4.78 is 23.9. The maximum Gasteiger partial charge on any atom is 0.302 e. The maximum absolute atomic E-state index is 11.2. The monoisotopic (exact) mass is 388 g/mol. The average Bonchev–Trinajstić information content (AvgIpc) is 2.66. The average molecular weight is 389 g/mol. The van der Waals surface area contributed by atoms with Crippen LogP contribution >= 0.6 is 0 Å². The van der Waals surface area contributed by atoms with E-state index in [1.54, 1.807) is 0 Å². The van der Waals surface area contributed by atoms with E-state index >= 15 is 0 Å². The van der Waals surface area contributed by atoms with Gasteiger partial charge in [0.2, 0.25) is 0 Å². The van der Waals surface area contributed by atoms with E-state index in [2.05, 4.69) is 13.2 Å². The fourth-order valence-corrected chi connectivity index (χ4v) is 3.25. The molecule has 0 aromatic heterocycles. The van der Waals surface area contributed by atoms with E-state index in [0.29, 0.717) is 13.0 Å². The van der Waals surface area contributed by atoms with Crippen LogP contribution in [0.3, 0.4) is 0 Å². The zero-order chi connectivity index (χ0) is 20.6. The zero-order valence-corrected chi connectivity index (χ0v) is 17.2. The minimum Gasteiger partial charge on any atom is -0.463 e. The minimum absolute atomic E-state index is 0.179. The van der Waals surface area contributed by atoms with Crippen LogP contribution in [0.2, 0.25) is 0 Å². The fourth-order valence-electron chi connectivity index (χ4n) is 3.25. The molecule has 1 aliphatic heterocycles. The van der Waals surface area contributed by atoms with Crippen molar-refractivity contribution in [1.82, 2.24) is 0 Å². The summed E-state index contributed by atoms with van der Waals surface area (Å²) in [5.41, 5.74) is 1.38. The number of carbonyl (C=O) groups excluding carboxylic acids is 1. The lowest BCUT2D eigenvalue weighted by Gasteiger charge is -2.45. The lowest BCUT2D eigenvalue weighted by atomic mass is 9.91. The standard InChI is InChI=1S/C23H32O5/c1-6-7-13-23(5)21(27-20(14-17(2)3)15-25-18(4)24)16-26-22(28-23)19-11-9-8-10-12-19/h6,8-12,20-22H,1-2,7,13-16H2,3-5H3/t20-,21-,22?,23-/m1/s1. The summed E-state index contributed by atoms with van der Waals surface area (Å²) in [6.07, 6.45) is 2.99. The summed E-state index contributed by atoms with van der Waals surface area (Å²) in [5.74, 6) is -0.329. The van der Waals surface area contributed by atoms with Gasteiger partial charge in [-0.1, -0.05) is 42.0 Å². The highest BCUT2D eigenvalue weighted by Gasteiger charge is 2.44. The van der Waals surface area contributed by atoms with E-state index in [1.165, 1.54) is 6.92 Å². The first-order valence-electron chi connectivity index (χ1n) is 9.72. The van der Waals surface area contributed by atoms with Crippen LogP contribution in [0.5, 0.6) is 0 Å². The topological polar surface area (TPSA) is 54.0 Å². The van der Waals surface area contributed by atoms with E-state index in [9.17, 15) is 4.79 Å². The first-order chi connectivity index (χ1) is 13.3. The third-order valence-corrected chi connectivity index (χ3v) is 4.78. The molecule has 5 nitrogen and oxygen atoms in total. The van der Waals surface area contributed by atoms with Gasteiger partial charge in [-0.05, 0) is 33.1 Å². The summed E-state index contributed by atoms with van der Waals surface area (Å²) in [7, 11) is 0. The molecule has 1 aliphatic rings. The van der Waals surface area contributed by atoms with Gasteiger partial charge in [0.15, 0.2) is 6.29 Å². The molecule has 4 atom stereocenters. The Morgan fingerprint density at radius 3 is 2.68 bits per heavy atom. The Balaban J connectivity index is 2.14. The number of hydrogen-bond acceptors (Lipinski definition) is 5. The molecule has 28 heavy (non-hydrogen) atoms. The maximum atomic E-state index is 11.2. The van der Waals surface area contributed by atoms with Crippen molar-refractivity contribution in [3.05, 3.63) is 60.7 Å². The van der Waals surface area contributed by atoms with Crippen molar-refractivity contribution in [3.63, 3.8) is 0 Å². The molecule has 154 valence electrons. The smallest absolute Gasteiger partial charge is 0.302 e. The van der Waals surface area contributed by atoms with Gasteiger partial charge in [-0.2, -0.15) is 0 Å². The highest BCUT2D eigenvalue weighted by atomic mass is 16.7. The van der Waals surface area contributed by atoms with Crippen LogP contribution in [-0.4, -0.2) is 37.0 Å². The molecule has 0 saturated carbocycles. The van der Waals surface area contributed by atoms with Crippen LogP contribution in [0.25, 0.3) is 0 Å². The third kappa shape index (κ3) is 6.59. The van der Waals surface area contributed by atoms with E-state index in [1.807, 2.05) is 50.3 Å². The molecule has 1 unspecified atom stereocenters. The molecule has 0 radical (unpaired) electrons. The van der Waals surface area contributed by atoms with Gasteiger partial charge in [0.05, 0.1) is 18.3 Å². The quantitative estimate of drug-likeness (QED) is 0.428. The molecule has 0 spiro atoms. The van der Waals surface area contributed by atoms with E-state index < -0.39 is 11.9 Å². The van der Waals surface area contributed by atoms with Crippen LogP contribution in [0.4, 0.5) is 0 Å². The largest absolute Gasteiger partial charge is 0.463 e. The number of benzene rings is 1. The summed E-state index contributed by atoms with van der Waals surface area (Å²) in [4.78, 5) is 11.2. The Labute approximate surface area is 168 Å². The molecular weight excluding hydrogens is 356 g/mol. The van der Waals surface area contributed by atoms with Gasteiger partial charge in [0.1, 0.15) is 12.7 Å². The van der Waals surface area contributed by atoms with Crippen molar-refractivity contribution < 1.29 is 23.7 Å². The van der Waals surface area contributed by atoms with Gasteiger partial charge >= 0.3 is 5.97 Å². The third-order valence-electron chi connectivity index (χ3n) is 4.78. The second-order valence-corrected chi connectivity index (χ2v) is 7.54. The minimum atomic E-state index is -0.559. The number of hydrogen-bond donors (Lipinski definition) is 0. The Morgan fingerprint density at radius 2 is 2.07 bits per heavy atom. The highest BCUT2D eigenvalue weighted by molar-refractivity contribution is 5.65. The molecule has 0 N–H and O–H groups in total. The van der Waals surface area contributed by atoms with E-state index in [4.69, 9.17) is 18.9 Å². The van der Waals surface area contributed by atoms with Crippen molar-refractivity contribution in [2.45, 2.75) is 64.1 Å². The predicted molar refractivity (Wildman–Crippen MR) is 109 cm³/mol. The second-order valence-electron chi connectivity index (χ2n) is 7.54. The second kappa shape index (κ2) is 10.6. The molecule has 1 aromatic rings. The zero-order valence-electron chi connectivity index (χ0n) is 17.2. The molecule has 0 aliphatic carbocycles. The van der Waals surface area contributed by atoms with Gasteiger partial charge in [-0.15, -0.1) is 13.2 Å². The van der Waals surface area contributed by atoms with E-state index in [-0.39, 0.29) is 24.8 Å². The van der Waals surface area contributed by atoms with Crippen molar-refractivity contribution in [2.75, 3.05) is 13.2 Å². The van der Waals surface area contributed by atoms with Gasteiger partial charge in [-0.25, -0.2) is 0 Å². The van der Waals surface area contributed by atoms with Gasteiger partial charge in [-0.3, -0.25) is 4.79 Å². The Morgan fingerprint density at radius 1 is 1.36 bits per heavy atom. The van der Waals surface area contributed by atoms with Crippen molar-refractivity contribution >= 4 is 5.97 Å². The first kappa shape index (κ1) is 22.3. The van der Waals surface area contributed by atoms with Crippen LogP contribution in [0, 0.1) is 0 Å². The van der Waals surface area contributed by atoms with Crippen molar-refractivity contribution in [2.24, 2.45) is 0 Å². The van der Waals surface area contributed by atoms with Gasteiger partial charge < -0.3 is 18.9 Å². The highest BCUT2D eigenvalue weighted by Crippen LogP contribution is 2.38. The van der Waals surface area contributed by atoms with Crippen LogP contribution in [0.15, 0.2) is 55.1 Å². The molecule has 1 heterocycles. The summed E-state index contributed by atoms with van der Waals surface area (Å²) in [6.45, 7) is 13.7.